The van der Waals surface area contributed by atoms with Crippen LogP contribution in [0.1, 0.15) is 21.5 Å². The smallest absolute Gasteiger partial charge is 0.257 e. The van der Waals surface area contributed by atoms with Crippen molar-refractivity contribution in [2.24, 2.45) is 0 Å². The van der Waals surface area contributed by atoms with E-state index in [9.17, 15) is 4.79 Å². The van der Waals surface area contributed by atoms with Gasteiger partial charge in [0, 0.05) is 28.9 Å². The quantitative estimate of drug-likeness (QED) is 0.793. The van der Waals surface area contributed by atoms with Crippen LogP contribution in [0.4, 0.5) is 5.13 Å². The molecule has 3 rings (SSSR count). The van der Waals surface area contributed by atoms with Gasteiger partial charge in [-0.25, -0.2) is 4.98 Å². The zero-order valence-corrected chi connectivity index (χ0v) is 13.1. The Balaban J connectivity index is 1.81. The summed E-state index contributed by atoms with van der Waals surface area (Å²) in [6.07, 6.45) is 3.19. The van der Waals surface area contributed by atoms with Crippen molar-refractivity contribution in [3.63, 3.8) is 0 Å². The maximum atomic E-state index is 12.1. The van der Waals surface area contributed by atoms with E-state index >= 15 is 0 Å². The van der Waals surface area contributed by atoms with Crippen LogP contribution in [0.15, 0.2) is 48.1 Å². The highest BCUT2D eigenvalue weighted by Crippen LogP contribution is 2.28. The molecule has 0 aliphatic carbocycles. The highest BCUT2D eigenvalue weighted by atomic mass is 32.1. The number of thiazole rings is 1. The summed E-state index contributed by atoms with van der Waals surface area (Å²) in [5.41, 5.74) is 4.94. The van der Waals surface area contributed by atoms with E-state index in [0.717, 1.165) is 11.3 Å². The fourth-order valence-corrected chi connectivity index (χ4v) is 2.93. The number of aromatic nitrogens is 2. The summed E-state index contributed by atoms with van der Waals surface area (Å²) in [6, 6.07) is 9.61. The third kappa shape index (κ3) is 3.04. The first-order chi connectivity index (χ1) is 10.6. The van der Waals surface area contributed by atoms with Gasteiger partial charge in [0.25, 0.3) is 5.91 Å². The van der Waals surface area contributed by atoms with Gasteiger partial charge in [0.1, 0.15) is 0 Å². The molecule has 22 heavy (non-hydrogen) atoms. The van der Waals surface area contributed by atoms with Crippen molar-refractivity contribution in [1.29, 1.82) is 0 Å². The van der Waals surface area contributed by atoms with Gasteiger partial charge in [0.05, 0.1) is 5.69 Å². The molecule has 2 aromatic heterocycles. The lowest BCUT2D eigenvalue weighted by molar-refractivity contribution is 0.102. The van der Waals surface area contributed by atoms with Crippen molar-refractivity contribution < 1.29 is 4.79 Å². The summed E-state index contributed by atoms with van der Waals surface area (Å²) in [7, 11) is 0. The van der Waals surface area contributed by atoms with Gasteiger partial charge in [-0.2, -0.15) is 0 Å². The lowest BCUT2D eigenvalue weighted by Crippen LogP contribution is -2.11. The number of nitrogens with zero attached hydrogens (tertiary/aromatic N) is 2. The Kier molecular flexibility index (Phi) is 3.98. The second-order valence-electron chi connectivity index (χ2n) is 5.05. The molecule has 5 heteroatoms. The third-order valence-corrected chi connectivity index (χ3v) is 4.08. The van der Waals surface area contributed by atoms with Crippen LogP contribution < -0.4 is 5.32 Å². The number of hydrogen-bond donors (Lipinski definition) is 1. The molecule has 0 radical (unpaired) electrons. The minimum absolute atomic E-state index is 0.177. The van der Waals surface area contributed by atoms with Crippen LogP contribution in [-0.2, 0) is 0 Å². The topological polar surface area (TPSA) is 54.9 Å². The molecule has 0 spiro atoms. The second kappa shape index (κ2) is 6.07. The molecule has 0 unspecified atom stereocenters. The van der Waals surface area contributed by atoms with Crippen molar-refractivity contribution in [1.82, 2.24) is 9.97 Å². The zero-order valence-electron chi connectivity index (χ0n) is 12.3. The van der Waals surface area contributed by atoms with Crippen LogP contribution in [-0.4, -0.2) is 15.9 Å². The number of aryl methyl sites for hydroxylation is 2. The molecular weight excluding hydrogens is 294 g/mol. The fraction of sp³-hybridized carbons (Fsp3) is 0.118. The Hall–Kier alpha value is -2.53. The molecule has 3 aromatic rings. The second-order valence-corrected chi connectivity index (χ2v) is 5.90. The molecule has 0 aliphatic heterocycles. The van der Waals surface area contributed by atoms with E-state index in [0.29, 0.717) is 10.7 Å². The monoisotopic (exact) mass is 309 g/mol. The van der Waals surface area contributed by atoms with E-state index in [1.165, 1.54) is 22.5 Å². The van der Waals surface area contributed by atoms with Crippen molar-refractivity contribution in [2.75, 3.05) is 5.32 Å². The molecule has 1 aromatic carbocycles. The van der Waals surface area contributed by atoms with E-state index in [2.05, 4.69) is 47.3 Å². The first-order valence-corrected chi connectivity index (χ1v) is 7.76. The van der Waals surface area contributed by atoms with Crippen LogP contribution in [0.3, 0.4) is 0 Å². The third-order valence-electron chi connectivity index (χ3n) is 3.33. The number of rotatable bonds is 3. The number of hydrogen-bond acceptors (Lipinski definition) is 4. The summed E-state index contributed by atoms with van der Waals surface area (Å²) in [4.78, 5) is 20.5. The Morgan fingerprint density at radius 1 is 1.14 bits per heavy atom. The fourth-order valence-electron chi connectivity index (χ4n) is 2.23. The normalized spacial score (nSPS) is 10.5. The number of carbonyl (C=O) groups is 1. The average Bonchev–Trinajstić information content (AvgIpc) is 2.96. The Morgan fingerprint density at radius 2 is 1.91 bits per heavy atom. The van der Waals surface area contributed by atoms with Gasteiger partial charge in [0.2, 0.25) is 0 Å². The number of amides is 1. The van der Waals surface area contributed by atoms with E-state index in [-0.39, 0.29) is 5.91 Å². The van der Waals surface area contributed by atoms with Gasteiger partial charge in [-0.15, -0.1) is 11.3 Å². The van der Waals surface area contributed by atoms with Gasteiger partial charge >= 0.3 is 0 Å². The molecule has 110 valence electrons. The van der Waals surface area contributed by atoms with Gasteiger partial charge in [0.15, 0.2) is 5.13 Å². The minimum atomic E-state index is -0.177. The van der Waals surface area contributed by atoms with E-state index < -0.39 is 0 Å². The van der Waals surface area contributed by atoms with Crippen LogP contribution in [0.25, 0.3) is 11.3 Å². The maximum absolute atomic E-state index is 12.1. The highest BCUT2D eigenvalue weighted by Gasteiger charge is 2.11. The Labute approximate surface area is 132 Å². The standard InChI is InChI=1S/C17H15N3OS/c1-11-3-4-14(12(2)9-11)15-10-22-17(19-15)20-16(21)13-5-7-18-8-6-13/h3-10H,1-2H3,(H,19,20,21). The first kappa shape index (κ1) is 14.4. The van der Waals surface area contributed by atoms with Gasteiger partial charge in [-0.1, -0.05) is 23.8 Å². The Morgan fingerprint density at radius 3 is 2.64 bits per heavy atom. The highest BCUT2D eigenvalue weighted by molar-refractivity contribution is 7.14. The molecule has 4 nitrogen and oxygen atoms in total. The number of nitrogens with one attached hydrogen (secondary N) is 1. The largest absolute Gasteiger partial charge is 0.298 e. The molecule has 0 atom stereocenters. The van der Waals surface area contributed by atoms with Gasteiger partial charge in [-0.05, 0) is 31.5 Å². The van der Waals surface area contributed by atoms with Crippen molar-refractivity contribution >= 4 is 22.4 Å². The molecule has 2 heterocycles. The molecule has 0 bridgehead atoms. The minimum Gasteiger partial charge on any atom is -0.298 e. The number of benzene rings is 1. The van der Waals surface area contributed by atoms with E-state index in [1.807, 2.05) is 5.38 Å². The lowest BCUT2D eigenvalue weighted by atomic mass is 10.0. The van der Waals surface area contributed by atoms with Crippen LogP contribution >= 0.6 is 11.3 Å². The maximum Gasteiger partial charge on any atom is 0.257 e. The molecule has 0 saturated carbocycles. The lowest BCUT2D eigenvalue weighted by Gasteiger charge is -2.04. The predicted octanol–water partition coefficient (Wildman–Crippen LogP) is 4.07. The van der Waals surface area contributed by atoms with Crippen LogP contribution in [0.2, 0.25) is 0 Å². The summed E-state index contributed by atoms with van der Waals surface area (Å²) >= 11 is 1.42. The number of anilines is 1. The van der Waals surface area contributed by atoms with E-state index in [4.69, 9.17) is 0 Å². The summed E-state index contributed by atoms with van der Waals surface area (Å²) in [5, 5.41) is 5.37. The zero-order chi connectivity index (χ0) is 15.5. The van der Waals surface area contributed by atoms with Gasteiger partial charge in [-0.3, -0.25) is 15.1 Å². The molecule has 0 aliphatic rings. The van der Waals surface area contributed by atoms with Crippen LogP contribution in [0.5, 0.6) is 0 Å². The summed E-state index contributed by atoms with van der Waals surface area (Å²) in [5.74, 6) is -0.177. The van der Waals surface area contributed by atoms with Crippen molar-refractivity contribution in [3.8, 4) is 11.3 Å². The molecule has 1 N–H and O–H groups in total. The molecule has 0 saturated heterocycles. The first-order valence-electron chi connectivity index (χ1n) is 6.88. The van der Waals surface area contributed by atoms with Gasteiger partial charge < -0.3 is 0 Å². The Bertz CT molecular complexity index is 812. The van der Waals surface area contributed by atoms with Crippen molar-refractivity contribution in [3.05, 3.63) is 64.8 Å². The molecular formula is C17H15N3OS. The van der Waals surface area contributed by atoms with Crippen LogP contribution in [0, 0.1) is 13.8 Å². The number of pyridine rings is 1. The summed E-state index contributed by atoms with van der Waals surface area (Å²) in [6.45, 7) is 4.13. The predicted molar refractivity (Wildman–Crippen MR) is 89.2 cm³/mol. The van der Waals surface area contributed by atoms with Crippen molar-refractivity contribution in [2.45, 2.75) is 13.8 Å². The summed E-state index contributed by atoms with van der Waals surface area (Å²) < 4.78 is 0. The SMILES string of the molecule is Cc1ccc(-c2csc(NC(=O)c3ccncc3)n2)c(C)c1. The molecule has 1 amide bonds. The molecule has 0 fully saturated rings. The van der Waals surface area contributed by atoms with E-state index in [1.54, 1.807) is 24.5 Å². The average molecular weight is 309 g/mol. The number of carbonyl (C=O) groups excluding carboxylic acids is 1.